The zero-order valence-electron chi connectivity index (χ0n) is 14.7. The lowest BCUT2D eigenvalue weighted by molar-refractivity contribution is -0.139. The topological polar surface area (TPSA) is 80.6 Å². The first kappa shape index (κ1) is 17.8. The van der Waals surface area contributed by atoms with Crippen molar-refractivity contribution in [1.82, 2.24) is 9.88 Å². The molecule has 0 aliphatic carbocycles. The molecule has 0 spiro atoms. The van der Waals surface area contributed by atoms with Gasteiger partial charge in [0.25, 0.3) is 0 Å². The third-order valence-electron chi connectivity index (χ3n) is 3.76. The van der Waals surface area contributed by atoms with Crippen LogP contribution >= 0.6 is 0 Å². The Morgan fingerprint density at radius 2 is 2.00 bits per heavy atom. The summed E-state index contributed by atoms with van der Waals surface area (Å²) in [5.41, 5.74) is 2.34. The number of nitrogens with one attached hydrogen (secondary N) is 1. The average Bonchev–Trinajstić information content (AvgIpc) is 2.73. The number of alkyl carbamates (subject to hydrolysis) is 1. The Labute approximate surface area is 141 Å². The van der Waals surface area contributed by atoms with Crippen LogP contribution in [0.3, 0.4) is 0 Å². The van der Waals surface area contributed by atoms with Crippen LogP contribution in [0.4, 0.5) is 4.79 Å². The Morgan fingerprint density at radius 3 is 2.54 bits per heavy atom. The highest BCUT2D eigenvalue weighted by Gasteiger charge is 2.25. The molecule has 1 heterocycles. The van der Waals surface area contributed by atoms with Gasteiger partial charge in [0.1, 0.15) is 11.6 Å². The molecule has 0 saturated carbocycles. The monoisotopic (exact) mass is 332 g/mol. The average molecular weight is 332 g/mol. The third-order valence-corrected chi connectivity index (χ3v) is 3.76. The molecule has 1 amide bonds. The fourth-order valence-electron chi connectivity index (χ4n) is 2.73. The van der Waals surface area contributed by atoms with E-state index >= 15 is 0 Å². The van der Waals surface area contributed by atoms with Gasteiger partial charge in [0.15, 0.2) is 0 Å². The van der Waals surface area contributed by atoms with Crippen molar-refractivity contribution in [2.24, 2.45) is 7.05 Å². The Balaban J connectivity index is 2.23. The summed E-state index contributed by atoms with van der Waals surface area (Å²) in [5, 5.41) is 12.9. The number of carbonyl (C=O) groups is 2. The highest BCUT2D eigenvalue weighted by Crippen LogP contribution is 2.23. The normalized spacial score (nSPS) is 12.9. The first-order chi connectivity index (χ1) is 11.1. The molecule has 0 aliphatic rings. The number of benzene rings is 1. The molecule has 1 aromatic heterocycles. The summed E-state index contributed by atoms with van der Waals surface area (Å²) >= 11 is 0. The van der Waals surface area contributed by atoms with Crippen molar-refractivity contribution in [1.29, 1.82) is 0 Å². The maximum Gasteiger partial charge on any atom is 0.408 e. The van der Waals surface area contributed by atoms with Crippen molar-refractivity contribution in [3.63, 3.8) is 0 Å². The van der Waals surface area contributed by atoms with Crippen molar-refractivity contribution < 1.29 is 19.4 Å². The number of amides is 1. The maximum absolute atomic E-state index is 11.9. The molecular formula is C18H24N2O4. The second-order valence-electron chi connectivity index (χ2n) is 6.95. The van der Waals surface area contributed by atoms with Gasteiger partial charge in [-0.15, -0.1) is 0 Å². The van der Waals surface area contributed by atoms with Gasteiger partial charge in [0.05, 0.1) is 5.52 Å². The van der Waals surface area contributed by atoms with Crippen LogP contribution in [-0.2, 0) is 23.0 Å². The van der Waals surface area contributed by atoms with Crippen LogP contribution in [-0.4, -0.2) is 33.4 Å². The number of aliphatic carboxylic acids is 1. The lowest BCUT2D eigenvalue weighted by Crippen LogP contribution is -2.44. The Bertz CT molecular complexity index is 771. The van der Waals surface area contributed by atoms with Gasteiger partial charge in [0.2, 0.25) is 0 Å². The van der Waals surface area contributed by atoms with E-state index in [4.69, 9.17) is 4.74 Å². The van der Waals surface area contributed by atoms with E-state index in [1.165, 1.54) is 0 Å². The van der Waals surface area contributed by atoms with Gasteiger partial charge >= 0.3 is 12.1 Å². The molecule has 0 bridgehead atoms. The van der Waals surface area contributed by atoms with E-state index < -0.39 is 23.7 Å². The summed E-state index contributed by atoms with van der Waals surface area (Å²) in [5.74, 6) is -1.09. The van der Waals surface area contributed by atoms with Gasteiger partial charge in [-0.2, -0.15) is 0 Å². The number of carboxylic acid groups (broad SMARTS) is 1. The second kappa shape index (κ2) is 6.55. The van der Waals surface area contributed by atoms with E-state index in [1.807, 2.05) is 42.8 Å². The summed E-state index contributed by atoms with van der Waals surface area (Å²) < 4.78 is 7.11. The van der Waals surface area contributed by atoms with Crippen LogP contribution in [0.5, 0.6) is 0 Å². The number of carboxylic acids is 1. The minimum absolute atomic E-state index is 0.180. The molecule has 1 aromatic carbocycles. The molecule has 0 radical (unpaired) electrons. The molecule has 0 aliphatic heterocycles. The molecule has 6 heteroatoms. The molecular weight excluding hydrogens is 308 g/mol. The summed E-state index contributed by atoms with van der Waals surface area (Å²) in [4.78, 5) is 23.4. The van der Waals surface area contributed by atoms with Gasteiger partial charge in [-0.1, -0.05) is 18.2 Å². The molecule has 1 atom stereocenters. The van der Waals surface area contributed by atoms with E-state index in [1.54, 1.807) is 20.8 Å². The minimum atomic E-state index is -1.09. The smallest absolute Gasteiger partial charge is 0.408 e. The quantitative estimate of drug-likeness (QED) is 0.902. The number of ether oxygens (including phenoxy) is 1. The Hall–Kier alpha value is -2.50. The van der Waals surface area contributed by atoms with Gasteiger partial charge in [0, 0.05) is 24.5 Å². The number of hydrogen-bond donors (Lipinski definition) is 2. The number of carbonyl (C=O) groups excluding carboxylic acids is 1. The molecule has 0 saturated heterocycles. The van der Waals surface area contributed by atoms with Gasteiger partial charge in [-0.05, 0) is 39.3 Å². The molecule has 2 N–H and O–H groups in total. The van der Waals surface area contributed by atoms with Crippen LogP contribution < -0.4 is 5.32 Å². The first-order valence-corrected chi connectivity index (χ1v) is 7.85. The van der Waals surface area contributed by atoms with E-state index in [0.717, 1.165) is 22.2 Å². The lowest BCUT2D eigenvalue weighted by Gasteiger charge is -2.22. The number of nitrogens with zero attached hydrogens (tertiary/aromatic N) is 1. The molecule has 2 rings (SSSR count). The van der Waals surface area contributed by atoms with Crippen molar-refractivity contribution in [3.8, 4) is 0 Å². The van der Waals surface area contributed by atoms with Crippen LogP contribution in [0.25, 0.3) is 10.9 Å². The summed E-state index contributed by atoms with van der Waals surface area (Å²) in [7, 11) is 1.90. The largest absolute Gasteiger partial charge is 0.480 e. The fourth-order valence-corrected chi connectivity index (χ4v) is 2.73. The van der Waals surface area contributed by atoms with E-state index in [9.17, 15) is 14.7 Å². The van der Waals surface area contributed by atoms with Crippen molar-refractivity contribution in [3.05, 3.63) is 35.5 Å². The SMILES string of the molecule is Cc1cccc2cc(CC(NC(=O)OC(C)(C)C)C(=O)O)n(C)c12. The van der Waals surface area contributed by atoms with Crippen LogP contribution in [0.15, 0.2) is 24.3 Å². The zero-order chi connectivity index (χ0) is 18.1. The van der Waals surface area contributed by atoms with Crippen molar-refractivity contribution in [2.45, 2.75) is 45.8 Å². The van der Waals surface area contributed by atoms with E-state index in [-0.39, 0.29) is 6.42 Å². The fraction of sp³-hybridized carbons (Fsp3) is 0.444. The highest BCUT2D eigenvalue weighted by molar-refractivity contribution is 5.85. The molecule has 2 aromatic rings. The third kappa shape index (κ3) is 4.07. The number of hydrogen-bond acceptors (Lipinski definition) is 3. The number of para-hydroxylation sites is 1. The molecule has 6 nitrogen and oxygen atoms in total. The maximum atomic E-state index is 11.9. The van der Waals surface area contributed by atoms with Gasteiger partial charge in [-0.25, -0.2) is 9.59 Å². The van der Waals surface area contributed by atoms with Crippen LogP contribution in [0.2, 0.25) is 0 Å². The number of aromatic nitrogens is 1. The minimum Gasteiger partial charge on any atom is -0.480 e. The zero-order valence-corrected chi connectivity index (χ0v) is 14.7. The van der Waals surface area contributed by atoms with Gasteiger partial charge in [-0.3, -0.25) is 0 Å². The highest BCUT2D eigenvalue weighted by atomic mass is 16.6. The lowest BCUT2D eigenvalue weighted by atomic mass is 10.1. The molecule has 0 fully saturated rings. The molecule has 1 unspecified atom stereocenters. The Kier molecular flexibility index (Phi) is 4.87. The number of fused-ring (bicyclic) bond motifs is 1. The summed E-state index contributed by atoms with van der Waals surface area (Å²) in [6, 6.07) is 6.87. The van der Waals surface area contributed by atoms with Gasteiger partial charge < -0.3 is 19.7 Å². The second-order valence-corrected chi connectivity index (χ2v) is 6.95. The molecule has 24 heavy (non-hydrogen) atoms. The summed E-state index contributed by atoms with van der Waals surface area (Å²) in [6.07, 6.45) is -0.552. The number of aryl methyl sites for hydroxylation is 2. The van der Waals surface area contributed by atoms with Crippen molar-refractivity contribution >= 4 is 23.0 Å². The van der Waals surface area contributed by atoms with Crippen molar-refractivity contribution in [2.75, 3.05) is 0 Å². The predicted molar refractivity (Wildman–Crippen MR) is 92.2 cm³/mol. The predicted octanol–water partition coefficient (Wildman–Crippen LogP) is 3.01. The molecule has 130 valence electrons. The number of rotatable bonds is 4. The van der Waals surface area contributed by atoms with Crippen LogP contribution in [0, 0.1) is 6.92 Å². The standard InChI is InChI=1S/C18H24N2O4/c1-11-7-6-8-12-9-13(20(5)15(11)12)10-14(16(21)22)19-17(23)24-18(2,3)4/h6-9,14H,10H2,1-5H3,(H,19,23)(H,21,22). The first-order valence-electron chi connectivity index (χ1n) is 7.85. The van der Waals surface area contributed by atoms with E-state index in [0.29, 0.717) is 0 Å². The van der Waals surface area contributed by atoms with E-state index in [2.05, 4.69) is 5.32 Å². The Morgan fingerprint density at radius 1 is 1.33 bits per heavy atom. The van der Waals surface area contributed by atoms with Crippen LogP contribution in [0.1, 0.15) is 32.0 Å². The summed E-state index contributed by atoms with van der Waals surface area (Å²) in [6.45, 7) is 7.21.